The second-order valence-electron chi connectivity index (χ2n) is 6.35. The number of aromatic nitrogens is 2. The largest absolute Gasteiger partial charge is 0.348 e. The minimum absolute atomic E-state index is 0.0273. The number of carbonyl (C=O) groups excluding carboxylic acids is 1. The average molecular weight is 292 g/mol. The third-order valence-electron chi connectivity index (χ3n) is 4.15. The van der Waals surface area contributed by atoms with Crippen LogP contribution in [0.2, 0.25) is 0 Å². The molecule has 21 heavy (non-hydrogen) atoms. The van der Waals surface area contributed by atoms with Gasteiger partial charge in [-0.05, 0) is 45.3 Å². The minimum Gasteiger partial charge on any atom is -0.348 e. The van der Waals surface area contributed by atoms with E-state index in [0.717, 1.165) is 25.9 Å². The molecule has 1 heterocycles. The summed E-state index contributed by atoms with van der Waals surface area (Å²) in [6, 6.07) is 2.10. The maximum atomic E-state index is 12.4. The van der Waals surface area contributed by atoms with E-state index < -0.39 is 0 Å². The van der Waals surface area contributed by atoms with Gasteiger partial charge in [0.2, 0.25) is 0 Å². The van der Waals surface area contributed by atoms with Crippen LogP contribution in [-0.4, -0.2) is 47.3 Å². The highest BCUT2D eigenvalue weighted by atomic mass is 16.2. The Morgan fingerprint density at radius 3 is 2.90 bits per heavy atom. The zero-order chi connectivity index (χ0) is 15.2. The van der Waals surface area contributed by atoms with Gasteiger partial charge < -0.3 is 10.2 Å². The van der Waals surface area contributed by atoms with Gasteiger partial charge in [0.05, 0.1) is 0 Å². The van der Waals surface area contributed by atoms with Crippen molar-refractivity contribution in [2.24, 2.45) is 5.92 Å². The van der Waals surface area contributed by atoms with E-state index in [4.69, 9.17) is 0 Å². The number of hydrogen-bond donors (Lipinski definition) is 1. The lowest BCUT2D eigenvalue weighted by Crippen LogP contribution is -2.45. The summed E-state index contributed by atoms with van der Waals surface area (Å²) >= 11 is 0. The van der Waals surface area contributed by atoms with E-state index in [2.05, 4.69) is 36.3 Å². The van der Waals surface area contributed by atoms with Crippen molar-refractivity contribution in [3.8, 4) is 0 Å². The van der Waals surface area contributed by atoms with Crippen LogP contribution in [0.3, 0.4) is 0 Å². The Balaban J connectivity index is 1.95. The molecule has 0 radical (unpaired) electrons. The number of amides is 1. The van der Waals surface area contributed by atoms with Crippen LogP contribution in [0.15, 0.2) is 12.3 Å². The number of hydrogen-bond acceptors (Lipinski definition) is 3. The molecule has 1 aromatic rings. The van der Waals surface area contributed by atoms with Crippen molar-refractivity contribution in [1.29, 1.82) is 0 Å². The highest BCUT2D eigenvalue weighted by Crippen LogP contribution is 2.25. The van der Waals surface area contributed by atoms with E-state index in [1.54, 1.807) is 0 Å². The van der Waals surface area contributed by atoms with Gasteiger partial charge in [-0.25, -0.2) is 0 Å². The number of nitrogens with one attached hydrogen (secondary N) is 1. The summed E-state index contributed by atoms with van der Waals surface area (Å²) in [5, 5.41) is 7.55. The number of aryl methyl sites for hydroxylation is 1. The first-order valence-corrected chi connectivity index (χ1v) is 8.09. The summed E-state index contributed by atoms with van der Waals surface area (Å²) in [6.07, 6.45) is 7.68. The molecule has 0 bridgehead atoms. The molecule has 1 aliphatic rings. The summed E-state index contributed by atoms with van der Waals surface area (Å²) in [7, 11) is 4.19. The maximum absolute atomic E-state index is 12.4. The zero-order valence-corrected chi connectivity index (χ0v) is 13.5. The lowest BCUT2D eigenvalue weighted by molar-refractivity contribution is 0.0889. The lowest BCUT2D eigenvalue weighted by Gasteiger charge is -2.33. The molecule has 1 fully saturated rings. The van der Waals surface area contributed by atoms with Crippen LogP contribution < -0.4 is 5.32 Å². The molecule has 5 heteroatoms. The second kappa shape index (κ2) is 7.59. The standard InChI is InChI=1S/C16H28N4O/c1-4-10-20-11-9-15(18-20)16(21)17-14-8-6-5-7-13(14)12-19(2)3/h9,11,13-14H,4-8,10,12H2,1-3H3,(H,17,21). The second-order valence-corrected chi connectivity index (χ2v) is 6.35. The number of carbonyl (C=O) groups is 1. The molecule has 2 unspecified atom stereocenters. The molecule has 1 amide bonds. The average Bonchev–Trinajstić information content (AvgIpc) is 2.89. The van der Waals surface area contributed by atoms with E-state index in [1.165, 1.54) is 19.3 Å². The third kappa shape index (κ3) is 4.56. The summed E-state index contributed by atoms with van der Waals surface area (Å²) in [4.78, 5) is 14.6. The maximum Gasteiger partial charge on any atom is 0.272 e. The quantitative estimate of drug-likeness (QED) is 0.874. The number of rotatable bonds is 6. The van der Waals surface area contributed by atoms with E-state index in [1.807, 2.05) is 16.9 Å². The van der Waals surface area contributed by atoms with Gasteiger partial charge in [-0.1, -0.05) is 19.8 Å². The monoisotopic (exact) mass is 292 g/mol. The zero-order valence-electron chi connectivity index (χ0n) is 13.5. The molecule has 1 aliphatic carbocycles. The fraction of sp³-hybridized carbons (Fsp3) is 0.750. The molecule has 0 aromatic carbocycles. The lowest BCUT2D eigenvalue weighted by atomic mass is 9.84. The first kappa shape index (κ1) is 16.0. The smallest absolute Gasteiger partial charge is 0.272 e. The Morgan fingerprint density at radius 1 is 1.43 bits per heavy atom. The van der Waals surface area contributed by atoms with Crippen molar-refractivity contribution in [1.82, 2.24) is 20.0 Å². The summed E-state index contributed by atoms with van der Waals surface area (Å²) in [6.45, 7) is 4.00. The van der Waals surface area contributed by atoms with E-state index in [-0.39, 0.29) is 11.9 Å². The molecule has 1 saturated carbocycles. The van der Waals surface area contributed by atoms with Crippen LogP contribution in [0.1, 0.15) is 49.5 Å². The summed E-state index contributed by atoms with van der Waals surface area (Å²) < 4.78 is 1.84. The molecule has 1 N–H and O–H groups in total. The number of nitrogens with zero attached hydrogens (tertiary/aromatic N) is 3. The topological polar surface area (TPSA) is 50.2 Å². The Hall–Kier alpha value is -1.36. The Morgan fingerprint density at radius 2 is 2.19 bits per heavy atom. The first-order chi connectivity index (χ1) is 10.1. The van der Waals surface area contributed by atoms with E-state index in [0.29, 0.717) is 11.6 Å². The Bertz CT molecular complexity index is 455. The van der Waals surface area contributed by atoms with Crippen molar-refractivity contribution in [3.63, 3.8) is 0 Å². The molecule has 2 atom stereocenters. The summed E-state index contributed by atoms with van der Waals surface area (Å²) in [5.74, 6) is 0.524. The molecule has 5 nitrogen and oxygen atoms in total. The van der Waals surface area contributed by atoms with Crippen molar-refractivity contribution >= 4 is 5.91 Å². The van der Waals surface area contributed by atoms with Crippen LogP contribution in [-0.2, 0) is 6.54 Å². The molecule has 0 aliphatic heterocycles. The van der Waals surface area contributed by atoms with Crippen LogP contribution in [0.5, 0.6) is 0 Å². The minimum atomic E-state index is -0.0273. The van der Waals surface area contributed by atoms with Gasteiger partial charge in [-0.3, -0.25) is 9.48 Å². The Labute approximate surface area is 127 Å². The van der Waals surface area contributed by atoms with Crippen molar-refractivity contribution in [2.75, 3.05) is 20.6 Å². The highest BCUT2D eigenvalue weighted by molar-refractivity contribution is 5.92. The summed E-state index contributed by atoms with van der Waals surface area (Å²) in [5.41, 5.74) is 0.539. The van der Waals surface area contributed by atoms with Crippen LogP contribution in [0, 0.1) is 5.92 Å². The van der Waals surface area contributed by atoms with Crippen molar-refractivity contribution in [3.05, 3.63) is 18.0 Å². The van der Waals surface area contributed by atoms with Gasteiger partial charge >= 0.3 is 0 Å². The van der Waals surface area contributed by atoms with Gasteiger partial charge in [-0.2, -0.15) is 5.10 Å². The van der Waals surface area contributed by atoms with Crippen LogP contribution in [0.25, 0.3) is 0 Å². The predicted octanol–water partition coefficient (Wildman–Crippen LogP) is 2.14. The SMILES string of the molecule is CCCn1ccc(C(=O)NC2CCCCC2CN(C)C)n1. The first-order valence-electron chi connectivity index (χ1n) is 8.09. The molecule has 2 rings (SSSR count). The fourth-order valence-electron chi connectivity index (χ4n) is 3.16. The highest BCUT2D eigenvalue weighted by Gasteiger charge is 2.27. The molecule has 118 valence electrons. The Kier molecular flexibility index (Phi) is 5.79. The normalized spacial score (nSPS) is 22.5. The third-order valence-corrected chi connectivity index (χ3v) is 4.15. The molecule has 1 aromatic heterocycles. The fourth-order valence-corrected chi connectivity index (χ4v) is 3.16. The van der Waals surface area contributed by atoms with Crippen molar-refractivity contribution in [2.45, 2.75) is 51.6 Å². The predicted molar refractivity (Wildman–Crippen MR) is 84.3 cm³/mol. The molecular weight excluding hydrogens is 264 g/mol. The van der Waals surface area contributed by atoms with Crippen molar-refractivity contribution < 1.29 is 4.79 Å². The van der Waals surface area contributed by atoms with Crippen LogP contribution >= 0.6 is 0 Å². The van der Waals surface area contributed by atoms with Gasteiger partial charge in [0.1, 0.15) is 5.69 Å². The van der Waals surface area contributed by atoms with E-state index in [9.17, 15) is 4.79 Å². The van der Waals surface area contributed by atoms with Gasteiger partial charge in [0.25, 0.3) is 5.91 Å². The van der Waals surface area contributed by atoms with Crippen LogP contribution in [0.4, 0.5) is 0 Å². The van der Waals surface area contributed by atoms with Gasteiger partial charge in [-0.15, -0.1) is 0 Å². The molecular formula is C16H28N4O. The van der Waals surface area contributed by atoms with Gasteiger partial charge in [0, 0.05) is 25.3 Å². The van der Waals surface area contributed by atoms with Gasteiger partial charge in [0.15, 0.2) is 0 Å². The van der Waals surface area contributed by atoms with E-state index >= 15 is 0 Å². The molecule has 0 spiro atoms. The molecule has 0 saturated heterocycles.